The number of nitrogens with zero attached hydrogens (tertiary/aromatic N) is 9. The summed E-state index contributed by atoms with van der Waals surface area (Å²) in [4.78, 5) is 39.7. The highest BCUT2D eigenvalue weighted by atomic mass is 19.1. The Labute approximate surface area is 224 Å². The van der Waals surface area contributed by atoms with Gasteiger partial charge in [-0.15, -0.1) is 0 Å². The van der Waals surface area contributed by atoms with Crippen molar-refractivity contribution >= 4 is 22.9 Å². The van der Waals surface area contributed by atoms with Gasteiger partial charge >= 0.3 is 0 Å². The van der Waals surface area contributed by atoms with Crippen molar-refractivity contribution in [2.75, 3.05) is 31.1 Å². The van der Waals surface area contributed by atoms with Crippen LogP contribution in [0, 0.1) is 5.95 Å². The molecule has 6 rings (SSSR count). The van der Waals surface area contributed by atoms with E-state index in [-0.39, 0.29) is 5.91 Å². The second-order valence-electron chi connectivity index (χ2n) is 9.44. The summed E-state index contributed by atoms with van der Waals surface area (Å²) in [5.41, 5.74) is 2.37. The number of aromatic nitrogens is 7. The van der Waals surface area contributed by atoms with Crippen LogP contribution < -0.4 is 4.90 Å². The van der Waals surface area contributed by atoms with E-state index in [0.29, 0.717) is 42.2 Å². The zero-order valence-corrected chi connectivity index (χ0v) is 21.6. The van der Waals surface area contributed by atoms with Crippen LogP contribution in [0.3, 0.4) is 0 Å². The van der Waals surface area contributed by atoms with Crippen LogP contribution in [0.5, 0.6) is 0 Å². The first-order valence-corrected chi connectivity index (χ1v) is 13.0. The number of aryl methyl sites for hydroxylation is 1. The molecule has 5 aromatic rings. The molecule has 0 aromatic carbocycles. The molecule has 0 N–H and O–H groups in total. The molecule has 0 radical (unpaired) electrons. The molecular weight excluding hydrogens is 497 g/mol. The monoisotopic (exact) mass is 525 g/mol. The van der Waals surface area contributed by atoms with Crippen molar-refractivity contribution in [2.24, 2.45) is 0 Å². The summed E-state index contributed by atoms with van der Waals surface area (Å²) >= 11 is 0. The maximum atomic E-state index is 13.7. The van der Waals surface area contributed by atoms with E-state index in [0.717, 1.165) is 43.3 Å². The SMILES string of the molecule is CCCn1c(Cn2ccnc2-c2cccc(F)n2)nc2cc(C(=O)N3CCN(c4ccccn4)CC3)cnc21. The Morgan fingerprint density at radius 2 is 1.85 bits per heavy atom. The number of rotatable bonds is 7. The fourth-order valence-corrected chi connectivity index (χ4v) is 4.97. The Bertz CT molecular complexity index is 1610. The van der Waals surface area contributed by atoms with E-state index in [9.17, 15) is 9.18 Å². The molecule has 0 bridgehead atoms. The van der Waals surface area contributed by atoms with Crippen molar-refractivity contribution in [1.29, 1.82) is 0 Å². The minimum absolute atomic E-state index is 0.0502. The van der Waals surface area contributed by atoms with Crippen LogP contribution in [-0.2, 0) is 13.1 Å². The molecule has 1 saturated heterocycles. The smallest absolute Gasteiger partial charge is 0.255 e. The minimum atomic E-state index is -0.556. The van der Waals surface area contributed by atoms with Crippen LogP contribution in [-0.4, -0.2) is 71.0 Å². The first-order valence-electron chi connectivity index (χ1n) is 13.0. The van der Waals surface area contributed by atoms with Crippen LogP contribution >= 0.6 is 0 Å². The summed E-state index contributed by atoms with van der Waals surface area (Å²) in [5, 5.41) is 0. The third-order valence-corrected chi connectivity index (χ3v) is 6.87. The number of hydrogen-bond donors (Lipinski definition) is 0. The first kappa shape index (κ1) is 24.7. The van der Waals surface area contributed by atoms with Gasteiger partial charge in [-0.25, -0.2) is 24.9 Å². The third-order valence-electron chi connectivity index (χ3n) is 6.87. The molecule has 0 atom stereocenters. The van der Waals surface area contributed by atoms with Gasteiger partial charge in [-0.3, -0.25) is 4.79 Å². The zero-order chi connectivity index (χ0) is 26.8. The van der Waals surface area contributed by atoms with Gasteiger partial charge in [0.15, 0.2) is 11.5 Å². The normalized spacial score (nSPS) is 13.8. The fourth-order valence-electron chi connectivity index (χ4n) is 4.97. The summed E-state index contributed by atoms with van der Waals surface area (Å²) in [6.45, 7) is 5.90. The Morgan fingerprint density at radius 1 is 0.974 bits per heavy atom. The highest BCUT2D eigenvalue weighted by Crippen LogP contribution is 2.22. The highest BCUT2D eigenvalue weighted by Gasteiger charge is 2.24. The topological polar surface area (TPSA) is 97.9 Å². The molecular formula is C28H28FN9O. The van der Waals surface area contributed by atoms with Crippen LogP contribution in [0.25, 0.3) is 22.7 Å². The number of carbonyl (C=O) groups excluding carboxylic acids is 1. The van der Waals surface area contributed by atoms with Gasteiger partial charge in [0.1, 0.15) is 22.9 Å². The number of anilines is 1. The molecule has 11 heteroatoms. The average molecular weight is 526 g/mol. The lowest BCUT2D eigenvalue weighted by molar-refractivity contribution is 0.0746. The van der Waals surface area contributed by atoms with Crippen molar-refractivity contribution < 1.29 is 9.18 Å². The van der Waals surface area contributed by atoms with E-state index in [4.69, 9.17) is 4.98 Å². The fraction of sp³-hybridized carbons (Fsp3) is 0.286. The van der Waals surface area contributed by atoms with Gasteiger partial charge in [-0.05, 0) is 36.8 Å². The third kappa shape index (κ3) is 4.95. The zero-order valence-electron chi connectivity index (χ0n) is 21.6. The molecule has 1 amide bonds. The summed E-state index contributed by atoms with van der Waals surface area (Å²) in [6, 6.07) is 12.3. The molecule has 1 fully saturated rings. The van der Waals surface area contributed by atoms with Crippen molar-refractivity contribution in [3.8, 4) is 11.5 Å². The summed E-state index contributed by atoms with van der Waals surface area (Å²) in [6.07, 6.45) is 7.81. The maximum Gasteiger partial charge on any atom is 0.255 e. The Kier molecular flexibility index (Phi) is 6.70. The molecule has 39 heavy (non-hydrogen) atoms. The Balaban J connectivity index is 1.24. The van der Waals surface area contributed by atoms with E-state index in [2.05, 4.69) is 36.3 Å². The number of halogens is 1. The lowest BCUT2D eigenvalue weighted by atomic mass is 10.2. The molecule has 0 aliphatic carbocycles. The van der Waals surface area contributed by atoms with Crippen LogP contribution in [0.15, 0.2) is 67.3 Å². The van der Waals surface area contributed by atoms with Crippen LogP contribution in [0.2, 0.25) is 0 Å². The number of amides is 1. The van der Waals surface area contributed by atoms with Crippen molar-refractivity contribution in [3.63, 3.8) is 0 Å². The largest absolute Gasteiger partial charge is 0.353 e. The van der Waals surface area contributed by atoms with Crippen LogP contribution in [0.1, 0.15) is 29.5 Å². The molecule has 10 nitrogen and oxygen atoms in total. The van der Waals surface area contributed by atoms with Crippen LogP contribution in [0.4, 0.5) is 10.2 Å². The maximum absolute atomic E-state index is 13.7. The van der Waals surface area contributed by atoms with Crippen molar-refractivity contribution in [1.82, 2.24) is 39.0 Å². The van der Waals surface area contributed by atoms with E-state index >= 15 is 0 Å². The molecule has 6 heterocycles. The van der Waals surface area contributed by atoms with Gasteiger partial charge < -0.3 is 18.9 Å². The van der Waals surface area contributed by atoms with Crippen molar-refractivity contribution in [2.45, 2.75) is 26.4 Å². The molecule has 0 spiro atoms. The van der Waals surface area contributed by atoms with Gasteiger partial charge in [-0.1, -0.05) is 19.1 Å². The van der Waals surface area contributed by atoms with Gasteiger partial charge in [0.2, 0.25) is 5.95 Å². The number of hydrogen-bond acceptors (Lipinski definition) is 7. The van der Waals surface area contributed by atoms with E-state index < -0.39 is 5.95 Å². The molecule has 0 saturated carbocycles. The lowest BCUT2D eigenvalue weighted by Crippen LogP contribution is -2.49. The number of imidazole rings is 2. The molecule has 1 aliphatic heterocycles. The summed E-state index contributed by atoms with van der Waals surface area (Å²) < 4.78 is 17.7. The average Bonchev–Trinajstić information content (AvgIpc) is 3.57. The van der Waals surface area contributed by atoms with E-state index in [1.165, 1.54) is 6.07 Å². The summed E-state index contributed by atoms with van der Waals surface area (Å²) in [7, 11) is 0. The Morgan fingerprint density at radius 3 is 2.62 bits per heavy atom. The molecule has 0 unspecified atom stereocenters. The van der Waals surface area contributed by atoms with E-state index in [1.54, 1.807) is 30.7 Å². The highest BCUT2D eigenvalue weighted by molar-refractivity contribution is 5.96. The predicted octanol–water partition coefficient (Wildman–Crippen LogP) is 3.64. The second kappa shape index (κ2) is 10.6. The number of carbonyl (C=O) groups is 1. The molecule has 1 aliphatic rings. The quantitative estimate of drug-likeness (QED) is 0.299. The van der Waals surface area contributed by atoms with Gasteiger partial charge in [0, 0.05) is 57.5 Å². The number of fused-ring (bicyclic) bond motifs is 1. The van der Waals surface area contributed by atoms with Gasteiger partial charge in [-0.2, -0.15) is 4.39 Å². The van der Waals surface area contributed by atoms with E-state index in [1.807, 2.05) is 39.9 Å². The first-order chi connectivity index (χ1) is 19.1. The predicted molar refractivity (Wildman–Crippen MR) is 145 cm³/mol. The standard InChI is InChI=1S/C28H28FN9O/c1-2-11-38-25(19-37-12-10-31-26(37)21-6-5-7-23(29)33-21)34-22-17-20(18-32-27(22)38)28(39)36-15-13-35(14-16-36)24-8-3-4-9-30-24/h3-10,12,17-18H,2,11,13-16,19H2,1H3. The second-order valence-corrected chi connectivity index (χ2v) is 9.44. The summed E-state index contributed by atoms with van der Waals surface area (Å²) in [5.74, 6) is 1.66. The molecule has 5 aromatic heterocycles. The number of pyridine rings is 3. The van der Waals surface area contributed by atoms with Crippen molar-refractivity contribution in [3.05, 3.63) is 84.6 Å². The van der Waals surface area contributed by atoms with Gasteiger partial charge in [0.05, 0.1) is 12.1 Å². The lowest BCUT2D eigenvalue weighted by Gasteiger charge is -2.35. The molecule has 198 valence electrons. The minimum Gasteiger partial charge on any atom is -0.353 e. The Hall–Kier alpha value is -4.67. The number of piperazine rings is 1. The van der Waals surface area contributed by atoms with Gasteiger partial charge in [0.25, 0.3) is 5.91 Å².